The molecule has 0 radical (unpaired) electrons. The minimum absolute atomic E-state index is 0.105. The van der Waals surface area contributed by atoms with E-state index < -0.39 is 4.92 Å². The molecule has 2 heterocycles. The molecular formula is C23H18N4O4S. The van der Waals surface area contributed by atoms with Gasteiger partial charge in [-0.1, -0.05) is 18.2 Å². The number of hydrogen-bond acceptors (Lipinski definition) is 7. The van der Waals surface area contributed by atoms with Crippen LogP contribution in [0.3, 0.4) is 0 Å². The maximum absolute atomic E-state index is 12.3. The summed E-state index contributed by atoms with van der Waals surface area (Å²) in [6, 6.07) is 15.8. The summed E-state index contributed by atoms with van der Waals surface area (Å²) in [5.74, 6) is 0.572. The van der Waals surface area contributed by atoms with Crippen LogP contribution in [0, 0.1) is 24.0 Å². The molecule has 0 saturated carbocycles. The number of amides is 1. The Morgan fingerprint density at radius 2 is 1.81 bits per heavy atom. The topological polar surface area (TPSA) is 107 Å². The first-order valence-electron chi connectivity index (χ1n) is 9.62. The molecule has 9 heteroatoms. The number of aliphatic imine (C=N–C) groups is 1. The van der Waals surface area contributed by atoms with E-state index in [4.69, 9.17) is 4.74 Å². The SMILES string of the molecule is Cc1cc(C)cc(N=C2NC(=O)/C(=C/c3ccc(Oc4ccc([N+](=O)[O-])cn4)cc3)S2)c1. The number of nitrogens with one attached hydrogen (secondary N) is 1. The highest BCUT2D eigenvalue weighted by Gasteiger charge is 2.23. The third-order valence-corrected chi connectivity index (χ3v) is 5.33. The number of aryl methyl sites for hydroxylation is 2. The van der Waals surface area contributed by atoms with Gasteiger partial charge >= 0.3 is 0 Å². The van der Waals surface area contributed by atoms with Gasteiger partial charge in [-0.15, -0.1) is 0 Å². The zero-order valence-electron chi connectivity index (χ0n) is 17.2. The molecule has 1 amide bonds. The molecular weight excluding hydrogens is 428 g/mol. The van der Waals surface area contributed by atoms with Crippen molar-refractivity contribution >= 4 is 40.3 Å². The lowest BCUT2D eigenvalue weighted by atomic mass is 10.1. The Balaban J connectivity index is 1.45. The first-order valence-corrected chi connectivity index (χ1v) is 10.4. The minimum Gasteiger partial charge on any atom is -0.439 e. The van der Waals surface area contributed by atoms with Crippen LogP contribution in [0.2, 0.25) is 0 Å². The van der Waals surface area contributed by atoms with Gasteiger partial charge in [-0.25, -0.2) is 9.98 Å². The molecule has 0 aliphatic carbocycles. The molecule has 1 aliphatic rings. The molecule has 32 heavy (non-hydrogen) atoms. The third-order valence-electron chi connectivity index (χ3n) is 4.42. The average molecular weight is 446 g/mol. The van der Waals surface area contributed by atoms with Crippen LogP contribution in [0.1, 0.15) is 16.7 Å². The van der Waals surface area contributed by atoms with Gasteiger partial charge in [0.15, 0.2) is 5.17 Å². The van der Waals surface area contributed by atoms with Gasteiger partial charge in [0, 0.05) is 12.1 Å². The number of hydrogen-bond donors (Lipinski definition) is 1. The van der Waals surface area contributed by atoms with Crippen LogP contribution in [0.25, 0.3) is 6.08 Å². The molecule has 1 fully saturated rings. The number of carbonyl (C=O) groups is 1. The van der Waals surface area contributed by atoms with Crippen LogP contribution in [-0.2, 0) is 4.79 Å². The number of benzene rings is 2. The Kier molecular flexibility index (Phi) is 6.00. The average Bonchev–Trinajstić information content (AvgIpc) is 3.07. The largest absolute Gasteiger partial charge is 0.439 e. The second kappa shape index (κ2) is 9.03. The molecule has 1 N–H and O–H groups in total. The monoisotopic (exact) mass is 446 g/mol. The lowest BCUT2D eigenvalue weighted by Crippen LogP contribution is -2.19. The van der Waals surface area contributed by atoms with Crippen molar-refractivity contribution in [2.45, 2.75) is 13.8 Å². The number of nitro groups is 1. The number of nitrogens with zero attached hydrogens (tertiary/aromatic N) is 3. The maximum atomic E-state index is 12.3. The molecule has 160 valence electrons. The van der Waals surface area contributed by atoms with E-state index in [0.717, 1.165) is 28.6 Å². The van der Waals surface area contributed by atoms with E-state index in [1.165, 1.54) is 23.9 Å². The number of aromatic nitrogens is 1. The van der Waals surface area contributed by atoms with Crippen molar-refractivity contribution in [2.75, 3.05) is 0 Å². The van der Waals surface area contributed by atoms with E-state index in [9.17, 15) is 14.9 Å². The van der Waals surface area contributed by atoms with Crippen LogP contribution < -0.4 is 10.1 Å². The Bertz CT molecular complexity index is 1230. The third kappa shape index (κ3) is 5.19. The number of ether oxygens (including phenoxy) is 1. The van der Waals surface area contributed by atoms with Gasteiger partial charge in [-0.05, 0) is 72.6 Å². The molecule has 0 bridgehead atoms. The summed E-state index contributed by atoms with van der Waals surface area (Å²) in [5.41, 5.74) is 3.74. The van der Waals surface area contributed by atoms with Gasteiger partial charge in [0.2, 0.25) is 5.88 Å². The van der Waals surface area contributed by atoms with Crippen molar-refractivity contribution in [2.24, 2.45) is 4.99 Å². The highest BCUT2D eigenvalue weighted by molar-refractivity contribution is 8.18. The smallest absolute Gasteiger partial charge is 0.287 e. The lowest BCUT2D eigenvalue weighted by Gasteiger charge is -2.04. The predicted octanol–water partition coefficient (Wildman–Crippen LogP) is 5.29. The van der Waals surface area contributed by atoms with Crippen LogP contribution in [-0.4, -0.2) is 21.0 Å². The minimum atomic E-state index is -0.520. The lowest BCUT2D eigenvalue weighted by molar-refractivity contribution is -0.385. The zero-order valence-corrected chi connectivity index (χ0v) is 18.1. The Labute approximate surface area is 188 Å². The van der Waals surface area contributed by atoms with E-state index in [0.29, 0.717) is 15.8 Å². The zero-order chi connectivity index (χ0) is 22.7. The van der Waals surface area contributed by atoms with Crippen molar-refractivity contribution in [3.63, 3.8) is 0 Å². The van der Waals surface area contributed by atoms with E-state index in [1.54, 1.807) is 30.3 Å². The Morgan fingerprint density at radius 1 is 1.09 bits per heavy atom. The molecule has 3 aromatic rings. The normalized spacial score (nSPS) is 15.8. The summed E-state index contributed by atoms with van der Waals surface area (Å²) in [7, 11) is 0. The first-order chi connectivity index (χ1) is 15.4. The fourth-order valence-electron chi connectivity index (χ4n) is 3.06. The Hall–Kier alpha value is -3.98. The van der Waals surface area contributed by atoms with E-state index >= 15 is 0 Å². The highest BCUT2D eigenvalue weighted by atomic mass is 32.2. The van der Waals surface area contributed by atoms with Crippen molar-refractivity contribution in [3.8, 4) is 11.6 Å². The van der Waals surface area contributed by atoms with Crippen LogP contribution >= 0.6 is 11.8 Å². The molecule has 1 aromatic heterocycles. The van der Waals surface area contributed by atoms with Crippen LogP contribution in [0.15, 0.2) is 70.7 Å². The van der Waals surface area contributed by atoms with Gasteiger partial charge in [-0.3, -0.25) is 14.9 Å². The molecule has 0 atom stereocenters. The highest BCUT2D eigenvalue weighted by Crippen LogP contribution is 2.29. The van der Waals surface area contributed by atoms with Gasteiger partial charge in [-0.2, -0.15) is 0 Å². The van der Waals surface area contributed by atoms with Gasteiger partial charge in [0.25, 0.3) is 11.6 Å². The van der Waals surface area contributed by atoms with Crippen LogP contribution in [0.4, 0.5) is 11.4 Å². The molecule has 4 rings (SSSR count). The predicted molar refractivity (Wildman–Crippen MR) is 124 cm³/mol. The van der Waals surface area contributed by atoms with Gasteiger partial charge in [0.05, 0.1) is 15.5 Å². The molecule has 0 spiro atoms. The van der Waals surface area contributed by atoms with Gasteiger partial charge in [0.1, 0.15) is 11.9 Å². The maximum Gasteiger partial charge on any atom is 0.287 e. The number of amidine groups is 1. The number of rotatable bonds is 5. The van der Waals surface area contributed by atoms with Gasteiger partial charge < -0.3 is 10.1 Å². The van der Waals surface area contributed by atoms with Crippen molar-refractivity contribution in [3.05, 3.63) is 92.5 Å². The number of carbonyl (C=O) groups excluding carboxylic acids is 1. The standard InChI is InChI=1S/C23H18N4O4S/c1-14-9-15(2)11-17(10-14)25-23-26-22(28)20(32-23)12-16-3-6-19(7-4-16)31-21-8-5-18(13-24-21)27(29)30/h3-13H,1-2H3,(H,25,26,28)/b20-12-. The summed E-state index contributed by atoms with van der Waals surface area (Å²) in [4.78, 5) is 31.5. The quantitative estimate of drug-likeness (QED) is 0.324. The van der Waals surface area contributed by atoms with E-state index in [-0.39, 0.29) is 17.5 Å². The second-order valence-electron chi connectivity index (χ2n) is 7.11. The van der Waals surface area contributed by atoms with E-state index in [2.05, 4.69) is 21.4 Å². The summed E-state index contributed by atoms with van der Waals surface area (Å²) in [6.45, 7) is 4.01. The molecule has 1 aliphatic heterocycles. The van der Waals surface area contributed by atoms with Crippen molar-refractivity contribution < 1.29 is 14.5 Å². The first kappa shape index (κ1) is 21.3. The van der Waals surface area contributed by atoms with Crippen molar-refractivity contribution in [1.29, 1.82) is 0 Å². The molecule has 0 unspecified atom stereocenters. The summed E-state index contributed by atoms with van der Waals surface area (Å²) < 4.78 is 5.60. The molecule has 1 saturated heterocycles. The summed E-state index contributed by atoms with van der Waals surface area (Å²) >= 11 is 1.28. The Morgan fingerprint density at radius 3 is 2.44 bits per heavy atom. The van der Waals surface area contributed by atoms with E-state index in [1.807, 2.05) is 26.0 Å². The molecule has 2 aromatic carbocycles. The van der Waals surface area contributed by atoms with Crippen molar-refractivity contribution in [1.82, 2.24) is 10.3 Å². The second-order valence-corrected chi connectivity index (χ2v) is 8.14. The number of pyridine rings is 1. The number of thioether (sulfide) groups is 1. The fraction of sp³-hybridized carbons (Fsp3) is 0.0870. The molecule has 8 nitrogen and oxygen atoms in total. The summed E-state index contributed by atoms with van der Waals surface area (Å²) in [5, 5.41) is 14.0. The summed E-state index contributed by atoms with van der Waals surface area (Å²) in [6.07, 6.45) is 2.92. The van der Waals surface area contributed by atoms with Crippen LogP contribution in [0.5, 0.6) is 11.6 Å². The fourth-order valence-corrected chi connectivity index (χ4v) is 3.90.